The SMILES string of the molecule is CCCNC(c1cc(Cl)sc1Cl)C1CC1(C)C. The van der Waals surface area contributed by atoms with Crippen molar-refractivity contribution in [1.82, 2.24) is 5.32 Å². The average molecular weight is 292 g/mol. The maximum absolute atomic E-state index is 6.28. The van der Waals surface area contributed by atoms with Crippen molar-refractivity contribution < 1.29 is 0 Å². The number of hydrogen-bond donors (Lipinski definition) is 1. The molecule has 1 heterocycles. The summed E-state index contributed by atoms with van der Waals surface area (Å²) >= 11 is 13.8. The summed E-state index contributed by atoms with van der Waals surface area (Å²) in [5.74, 6) is 0.678. The number of nitrogens with one attached hydrogen (secondary N) is 1. The zero-order chi connectivity index (χ0) is 12.6. The van der Waals surface area contributed by atoms with Gasteiger partial charge in [-0.05, 0) is 36.8 Å². The number of thiophene rings is 1. The van der Waals surface area contributed by atoms with Crippen LogP contribution in [0.2, 0.25) is 8.67 Å². The first-order valence-electron chi connectivity index (χ1n) is 6.14. The van der Waals surface area contributed by atoms with Crippen LogP contribution in [0.5, 0.6) is 0 Å². The normalized spacial score (nSPS) is 23.7. The highest BCUT2D eigenvalue weighted by atomic mass is 35.5. The summed E-state index contributed by atoms with van der Waals surface area (Å²) in [4.78, 5) is 0. The minimum atomic E-state index is 0.362. The molecule has 2 rings (SSSR count). The minimum Gasteiger partial charge on any atom is -0.310 e. The van der Waals surface area contributed by atoms with Crippen molar-refractivity contribution in [3.8, 4) is 0 Å². The summed E-state index contributed by atoms with van der Waals surface area (Å²) in [5, 5.41) is 3.62. The van der Waals surface area contributed by atoms with Crippen LogP contribution in [0.15, 0.2) is 6.07 Å². The number of halogens is 2. The van der Waals surface area contributed by atoms with Crippen LogP contribution in [0, 0.1) is 11.3 Å². The highest BCUT2D eigenvalue weighted by molar-refractivity contribution is 7.20. The topological polar surface area (TPSA) is 12.0 Å². The molecule has 1 saturated carbocycles. The van der Waals surface area contributed by atoms with E-state index in [1.165, 1.54) is 23.3 Å². The fourth-order valence-electron chi connectivity index (χ4n) is 2.41. The van der Waals surface area contributed by atoms with Crippen molar-refractivity contribution in [2.45, 2.75) is 39.7 Å². The highest BCUT2D eigenvalue weighted by Crippen LogP contribution is 2.59. The van der Waals surface area contributed by atoms with Crippen molar-refractivity contribution >= 4 is 34.5 Å². The second-order valence-corrected chi connectivity index (χ2v) is 7.80. The molecule has 0 radical (unpaired) electrons. The Morgan fingerprint density at radius 2 is 2.18 bits per heavy atom. The molecular formula is C13H19Cl2NS. The van der Waals surface area contributed by atoms with E-state index in [4.69, 9.17) is 23.2 Å². The molecule has 2 unspecified atom stereocenters. The van der Waals surface area contributed by atoms with Gasteiger partial charge >= 0.3 is 0 Å². The zero-order valence-corrected chi connectivity index (χ0v) is 12.8. The van der Waals surface area contributed by atoms with Gasteiger partial charge in [0.25, 0.3) is 0 Å². The summed E-state index contributed by atoms with van der Waals surface area (Å²) in [6, 6.07) is 2.39. The smallest absolute Gasteiger partial charge is 0.0992 e. The van der Waals surface area contributed by atoms with Gasteiger partial charge in [0, 0.05) is 11.6 Å². The Morgan fingerprint density at radius 3 is 2.59 bits per heavy atom. The Labute approximate surface area is 118 Å². The molecule has 0 aromatic carbocycles. The Kier molecular flexibility index (Phi) is 4.09. The molecule has 1 nitrogen and oxygen atoms in total. The van der Waals surface area contributed by atoms with E-state index in [-0.39, 0.29) is 0 Å². The molecule has 0 bridgehead atoms. The van der Waals surface area contributed by atoms with E-state index in [0.717, 1.165) is 21.6 Å². The lowest BCUT2D eigenvalue weighted by molar-refractivity contribution is 0.417. The third kappa shape index (κ3) is 2.98. The molecule has 0 spiro atoms. The predicted molar refractivity (Wildman–Crippen MR) is 77.3 cm³/mol. The Morgan fingerprint density at radius 1 is 1.53 bits per heavy atom. The van der Waals surface area contributed by atoms with Crippen molar-refractivity contribution in [1.29, 1.82) is 0 Å². The molecule has 1 aromatic heterocycles. The van der Waals surface area contributed by atoms with Crippen LogP contribution in [0.3, 0.4) is 0 Å². The molecular weight excluding hydrogens is 273 g/mol. The maximum atomic E-state index is 6.28. The van der Waals surface area contributed by atoms with Crippen LogP contribution in [0.25, 0.3) is 0 Å². The Balaban J connectivity index is 2.18. The van der Waals surface area contributed by atoms with Crippen LogP contribution in [-0.2, 0) is 0 Å². The molecule has 4 heteroatoms. The summed E-state index contributed by atoms with van der Waals surface area (Å²) < 4.78 is 1.62. The molecule has 1 N–H and O–H groups in total. The summed E-state index contributed by atoms with van der Waals surface area (Å²) in [6.45, 7) is 7.85. The second kappa shape index (κ2) is 5.08. The lowest BCUT2D eigenvalue weighted by Gasteiger charge is -2.20. The number of hydrogen-bond acceptors (Lipinski definition) is 2. The van der Waals surface area contributed by atoms with Crippen LogP contribution < -0.4 is 5.32 Å². The largest absolute Gasteiger partial charge is 0.310 e. The standard InChI is InChI=1S/C13H19Cl2NS/c1-4-5-16-11(9-7-13(9,2)3)8-6-10(14)17-12(8)15/h6,9,11,16H,4-5,7H2,1-3H3. The van der Waals surface area contributed by atoms with Crippen LogP contribution in [-0.4, -0.2) is 6.54 Å². The molecule has 1 aliphatic carbocycles. The molecule has 96 valence electrons. The van der Waals surface area contributed by atoms with Gasteiger partial charge in [0.2, 0.25) is 0 Å². The van der Waals surface area contributed by atoms with Gasteiger partial charge < -0.3 is 5.32 Å². The monoisotopic (exact) mass is 291 g/mol. The number of rotatable bonds is 5. The lowest BCUT2D eigenvalue weighted by atomic mass is 9.99. The molecule has 1 fully saturated rings. The van der Waals surface area contributed by atoms with Gasteiger partial charge in [-0.2, -0.15) is 0 Å². The van der Waals surface area contributed by atoms with E-state index >= 15 is 0 Å². The molecule has 2 atom stereocenters. The Hall–Kier alpha value is 0.240. The third-order valence-electron chi connectivity index (χ3n) is 3.62. The van der Waals surface area contributed by atoms with Crippen molar-refractivity contribution in [2.24, 2.45) is 11.3 Å². The van der Waals surface area contributed by atoms with E-state index in [2.05, 4.69) is 26.1 Å². The first-order valence-corrected chi connectivity index (χ1v) is 7.71. The van der Waals surface area contributed by atoms with Gasteiger partial charge in [-0.25, -0.2) is 0 Å². The van der Waals surface area contributed by atoms with Crippen molar-refractivity contribution in [3.63, 3.8) is 0 Å². The van der Waals surface area contributed by atoms with Gasteiger partial charge in [0.1, 0.15) is 0 Å². The van der Waals surface area contributed by atoms with Crippen molar-refractivity contribution in [3.05, 3.63) is 20.3 Å². The maximum Gasteiger partial charge on any atom is 0.0992 e. The summed E-state index contributed by atoms with van der Waals surface area (Å²) in [6.07, 6.45) is 2.40. The van der Waals surface area contributed by atoms with Crippen molar-refractivity contribution in [2.75, 3.05) is 6.54 Å². The van der Waals surface area contributed by atoms with Gasteiger partial charge in [0.05, 0.1) is 8.67 Å². The van der Waals surface area contributed by atoms with E-state index in [9.17, 15) is 0 Å². The molecule has 0 saturated heterocycles. The molecule has 1 aliphatic rings. The van der Waals surface area contributed by atoms with Gasteiger partial charge in [0.15, 0.2) is 0 Å². The van der Waals surface area contributed by atoms with Gasteiger partial charge in [-0.15, -0.1) is 11.3 Å². The molecule has 1 aromatic rings. The Bertz CT molecular complexity index is 400. The summed E-state index contributed by atoms with van der Waals surface area (Å²) in [5.41, 5.74) is 1.62. The van der Waals surface area contributed by atoms with E-state index in [0.29, 0.717) is 17.4 Å². The van der Waals surface area contributed by atoms with Crippen LogP contribution >= 0.6 is 34.5 Å². The van der Waals surface area contributed by atoms with Gasteiger partial charge in [-0.1, -0.05) is 44.0 Å². The molecule has 0 amide bonds. The first kappa shape index (κ1) is 13.7. The second-order valence-electron chi connectivity index (χ2n) is 5.51. The zero-order valence-electron chi connectivity index (χ0n) is 10.5. The third-order valence-corrected chi connectivity index (χ3v) is 5.14. The fraction of sp³-hybridized carbons (Fsp3) is 0.692. The minimum absolute atomic E-state index is 0.362. The van der Waals surface area contributed by atoms with Gasteiger partial charge in [-0.3, -0.25) is 0 Å². The van der Waals surface area contributed by atoms with Crippen LogP contribution in [0.1, 0.15) is 45.2 Å². The fourth-order valence-corrected chi connectivity index (χ4v) is 3.96. The van der Waals surface area contributed by atoms with E-state index < -0.39 is 0 Å². The van der Waals surface area contributed by atoms with E-state index in [1.54, 1.807) is 0 Å². The molecule has 0 aliphatic heterocycles. The lowest BCUT2D eigenvalue weighted by Crippen LogP contribution is -2.25. The quantitative estimate of drug-likeness (QED) is 0.792. The summed E-state index contributed by atoms with van der Waals surface area (Å²) in [7, 11) is 0. The predicted octanol–water partition coefficient (Wildman–Crippen LogP) is 5.14. The van der Waals surface area contributed by atoms with Crippen LogP contribution in [0.4, 0.5) is 0 Å². The van der Waals surface area contributed by atoms with E-state index in [1.807, 2.05) is 6.07 Å². The molecule has 17 heavy (non-hydrogen) atoms. The first-order chi connectivity index (χ1) is 7.95. The average Bonchev–Trinajstić information content (AvgIpc) is 2.72. The highest BCUT2D eigenvalue weighted by Gasteiger charge is 2.50.